The van der Waals surface area contributed by atoms with Gasteiger partial charge in [0, 0.05) is 0 Å². The van der Waals surface area contributed by atoms with Crippen LogP contribution in [0.1, 0.15) is 52.3 Å². The smallest absolute Gasteiger partial charge is 0.250 e. The number of aromatic nitrogens is 2. The van der Waals surface area contributed by atoms with Crippen molar-refractivity contribution in [1.29, 1.82) is 0 Å². The van der Waals surface area contributed by atoms with E-state index in [1.54, 1.807) is 6.07 Å². The van der Waals surface area contributed by atoms with E-state index in [1.165, 1.54) is 16.7 Å². The van der Waals surface area contributed by atoms with E-state index < -0.39 is 0 Å². The van der Waals surface area contributed by atoms with Crippen molar-refractivity contribution in [2.45, 2.75) is 52.0 Å². The highest BCUT2D eigenvalue weighted by atomic mass is 19.1. The van der Waals surface area contributed by atoms with Crippen LogP contribution >= 0.6 is 0 Å². The SMILES string of the molecule is Cc1ccc(C[C@H]2CONC(c3cc(C)nnc3Oc3cccc(C4CC4)c3F)=N2)c(C)c1. The molecule has 1 aliphatic heterocycles. The van der Waals surface area contributed by atoms with E-state index in [-0.39, 0.29) is 29.4 Å². The summed E-state index contributed by atoms with van der Waals surface area (Å²) < 4.78 is 21.0. The molecule has 7 heteroatoms. The van der Waals surface area contributed by atoms with Gasteiger partial charge >= 0.3 is 0 Å². The van der Waals surface area contributed by atoms with Crippen molar-refractivity contribution in [3.63, 3.8) is 0 Å². The topological polar surface area (TPSA) is 68.6 Å². The number of rotatable bonds is 6. The van der Waals surface area contributed by atoms with Crippen molar-refractivity contribution in [1.82, 2.24) is 15.7 Å². The molecule has 6 nitrogen and oxygen atoms in total. The molecule has 1 fully saturated rings. The van der Waals surface area contributed by atoms with Gasteiger partial charge in [-0.05, 0) is 74.8 Å². The van der Waals surface area contributed by atoms with Crippen molar-refractivity contribution in [2.75, 3.05) is 6.61 Å². The van der Waals surface area contributed by atoms with Crippen LogP contribution in [-0.2, 0) is 11.3 Å². The van der Waals surface area contributed by atoms with Gasteiger partial charge in [0.15, 0.2) is 17.4 Å². The molecule has 2 heterocycles. The Bertz CT molecular complexity index is 1220. The number of hydrogen-bond acceptors (Lipinski definition) is 6. The van der Waals surface area contributed by atoms with Crippen LogP contribution < -0.4 is 10.2 Å². The molecule has 5 rings (SSSR count). The second-order valence-corrected chi connectivity index (χ2v) is 8.92. The van der Waals surface area contributed by atoms with Gasteiger partial charge in [0.2, 0.25) is 5.88 Å². The van der Waals surface area contributed by atoms with Gasteiger partial charge in [0.1, 0.15) is 0 Å². The van der Waals surface area contributed by atoms with Crippen LogP contribution in [0.3, 0.4) is 0 Å². The van der Waals surface area contributed by atoms with Gasteiger partial charge in [-0.25, -0.2) is 9.87 Å². The zero-order valence-corrected chi connectivity index (χ0v) is 19.1. The Kier molecular flexibility index (Phi) is 5.81. The number of nitrogens with zero attached hydrogens (tertiary/aromatic N) is 3. The quantitative estimate of drug-likeness (QED) is 0.570. The van der Waals surface area contributed by atoms with Gasteiger partial charge < -0.3 is 4.74 Å². The van der Waals surface area contributed by atoms with E-state index in [4.69, 9.17) is 14.6 Å². The van der Waals surface area contributed by atoms with Gasteiger partial charge in [-0.15, -0.1) is 5.10 Å². The van der Waals surface area contributed by atoms with Crippen LogP contribution in [-0.4, -0.2) is 28.7 Å². The zero-order chi connectivity index (χ0) is 22.9. The molecule has 33 heavy (non-hydrogen) atoms. The van der Waals surface area contributed by atoms with E-state index in [0.29, 0.717) is 29.3 Å². The molecule has 2 aromatic carbocycles. The minimum atomic E-state index is -0.337. The zero-order valence-electron chi connectivity index (χ0n) is 19.1. The number of ether oxygens (including phenoxy) is 1. The summed E-state index contributed by atoms with van der Waals surface area (Å²) in [5, 5.41) is 8.31. The molecule has 0 radical (unpaired) electrons. The van der Waals surface area contributed by atoms with Gasteiger partial charge in [-0.3, -0.25) is 9.83 Å². The molecule has 1 aliphatic carbocycles. The number of aryl methyl sites for hydroxylation is 3. The number of amidine groups is 1. The minimum Gasteiger partial charge on any atom is -0.434 e. The van der Waals surface area contributed by atoms with Crippen LogP contribution in [0.25, 0.3) is 0 Å². The number of hydroxylamine groups is 1. The lowest BCUT2D eigenvalue weighted by molar-refractivity contribution is 0.0623. The Morgan fingerprint density at radius 2 is 1.94 bits per heavy atom. The summed E-state index contributed by atoms with van der Waals surface area (Å²) in [5.41, 5.74) is 8.58. The van der Waals surface area contributed by atoms with E-state index in [2.05, 4.69) is 47.7 Å². The highest BCUT2D eigenvalue weighted by Crippen LogP contribution is 2.43. The van der Waals surface area contributed by atoms with E-state index >= 15 is 4.39 Å². The minimum absolute atomic E-state index is 0.0705. The Hall–Kier alpha value is -3.32. The van der Waals surface area contributed by atoms with E-state index in [9.17, 15) is 0 Å². The third-order valence-electron chi connectivity index (χ3n) is 6.06. The van der Waals surface area contributed by atoms with E-state index in [1.807, 2.05) is 25.1 Å². The molecule has 1 N–H and O–H groups in total. The molecule has 0 saturated heterocycles. The molecule has 0 spiro atoms. The molecule has 1 atom stereocenters. The molecule has 170 valence electrons. The summed E-state index contributed by atoms with van der Waals surface area (Å²) in [7, 11) is 0. The molecule has 0 bridgehead atoms. The Morgan fingerprint density at radius 1 is 1.09 bits per heavy atom. The summed E-state index contributed by atoms with van der Waals surface area (Å²) in [6.45, 7) is 6.49. The van der Waals surface area contributed by atoms with Crippen molar-refractivity contribution in [3.05, 3.63) is 81.8 Å². The highest BCUT2D eigenvalue weighted by molar-refractivity contribution is 6.00. The highest BCUT2D eigenvalue weighted by Gasteiger charge is 2.29. The second kappa shape index (κ2) is 8.90. The summed E-state index contributed by atoms with van der Waals surface area (Å²) >= 11 is 0. The maximum atomic E-state index is 15.0. The van der Waals surface area contributed by atoms with Crippen LogP contribution in [0.2, 0.25) is 0 Å². The molecule has 1 aromatic heterocycles. The lowest BCUT2D eigenvalue weighted by Crippen LogP contribution is -2.37. The van der Waals surface area contributed by atoms with E-state index in [0.717, 1.165) is 19.3 Å². The van der Waals surface area contributed by atoms with Crippen LogP contribution in [0.4, 0.5) is 4.39 Å². The van der Waals surface area contributed by atoms with Crippen molar-refractivity contribution in [2.24, 2.45) is 4.99 Å². The number of benzene rings is 2. The summed E-state index contributed by atoms with van der Waals surface area (Å²) in [5.74, 6) is 0.775. The fraction of sp³-hybridized carbons (Fsp3) is 0.346. The van der Waals surface area contributed by atoms with Crippen molar-refractivity contribution in [3.8, 4) is 11.6 Å². The number of nitrogens with one attached hydrogen (secondary N) is 1. The molecule has 0 unspecified atom stereocenters. The average Bonchev–Trinajstić information content (AvgIpc) is 3.64. The molecule has 0 amide bonds. The lowest BCUT2D eigenvalue weighted by atomic mass is 9.99. The van der Waals surface area contributed by atoms with Crippen LogP contribution in [0.5, 0.6) is 11.6 Å². The lowest BCUT2D eigenvalue weighted by Gasteiger charge is -2.23. The van der Waals surface area contributed by atoms with Gasteiger partial charge in [-0.2, -0.15) is 5.10 Å². The fourth-order valence-corrected chi connectivity index (χ4v) is 4.15. The largest absolute Gasteiger partial charge is 0.434 e. The maximum Gasteiger partial charge on any atom is 0.250 e. The van der Waals surface area contributed by atoms with Crippen LogP contribution in [0, 0.1) is 26.6 Å². The Balaban J connectivity index is 1.44. The third-order valence-corrected chi connectivity index (χ3v) is 6.06. The second-order valence-electron chi connectivity index (χ2n) is 8.92. The Labute approximate surface area is 192 Å². The molecule has 1 saturated carbocycles. The van der Waals surface area contributed by atoms with Gasteiger partial charge in [-0.1, -0.05) is 35.9 Å². The normalized spacial score (nSPS) is 17.9. The van der Waals surface area contributed by atoms with Gasteiger partial charge in [0.05, 0.1) is 23.9 Å². The Morgan fingerprint density at radius 3 is 2.73 bits per heavy atom. The molecule has 2 aliphatic rings. The molecule has 3 aromatic rings. The summed E-state index contributed by atoms with van der Waals surface area (Å²) in [4.78, 5) is 10.5. The number of aliphatic imine (C=N–C) groups is 1. The predicted molar refractivity (Wildman–Crippen MR) is 124 cm³/mol. The average molecular weight is 447 g/mol. The standard InChI is InChI=1S/C26H27FN4O2/c1-15-7-8-19(16(2)11-15)13-20-14-32-31-25(28-20)22-12-17(3)29-30-26(22)33-23-6-4-5-21(24(23)27)18-9-10-18/h4-8,11-12,18,20H,9-10,13-14H2,1-3H3,(H,28,31)/t20-/m0/s1. The monoisotopic (exact) mass is 446 g/mol. The predicted octanol–water partition coefficient (Wildman–Crippen LogP) is 5.10. The summed E-state index contributed by atoms with van der Waals surface area (Å²) in [6.07, 6.45) is 2.77. The number of hydrogen-bond donors (Lipinski definition) is 1. The fourth-order valence-electron chi connectivity index (χ4n) is 4.15. The number of halogens is 1. The first kappa shape index (κ1) is 21.5. The van der Waals surface area contributed by atoms with Crippen molar-refractivity contribution >= 4 is 5.84 Å². The first-order chi connectivity index (χ1) is 16.0. The molecular weight excluding hydrogens is 419 g/mol. The van der Waals surface area contributed by atoms with Crippen molar-refractivity contribution < 1.29 is 14.0 Å². The van der Waals surface area contributed by atoms with Gasteiger partial charge in [0.25, 0.3) is 0 Å². The first-order valence-electron chi connectivity index (χ1n) is 11.3. The summed E-state index contributed by atoms with van der Waals surface area (Å²) in [6, 6.07) is 13.4. The first-order valence-corrected chi connectivity index (χ1v) is 11.3. The molecular formula is C26H27FN4O2. The third kappa shape index (κ3) is 4.73. The van der Waals surface area contributed by atoms with Crippen LogP contribution in [0.15, 0.2) is 47.5 Å². The maximum absolute atomic E-state index is 15.0.